The van der Waals surface area contributed by atoms with Gasteiger partial charge in [-0.25, -0.2) is 0 Å². The fourth-order valence-electron chi connectivity index (χ4n) is 3.07. The first-order valence-electron chi connectivity index (χ1n) is 8.45. The summed E-state index contributed by atoms with van der Waals surface area (Å²) in [6.07, 6.45) is 13.8. The van der Waals surface area contributed by atoms with Crippen LogP contribution >= 0.6 is 0 Å². The van der Waals surface area contributed by atoms with Crippen LogP contribution in [0.2, 0.25) is 0 Å². The molecule has 0 saturated heterocycles. The summed E-state index contributed by atoms with van der Waals surface area (Å²) < 4.78 is 0. The van der Waals surface area contributed by atoms with Crippen LogP contribution in [0, 0.1) is 5.41 Å². The van der Waals surface area contributed by atoms with E-state index in [9.17, 15) is 0 Å². The molecule has 0 unspecified atom stereocenters. The van der Waals surface area contributed by atoms with Crippen LogP contribution in [0.3, 0.4) is 0 Å². The van der Waals surface area contributed by atoms with Crippen LogP contribution in [0.25, 0.3) is 0 Å². The van der Waals surface area contributed by atoms with Crippen LogP contribution in [0.15, 0.2) is 0 Å². The van der Waals surface area contributed by atoms with E-state index in [1.807, 2.05) is 0 Å². The average Bonchev–Trinajstić information content (AvgIpc) is 2.95. The van der Waals surface area contributed by atoms with Crippen molar-refractivity contribution >= 4 is 32.7 Å². The Hall–Kier alpha value is 0.130. The number of hydrogen-bond donors (Lipinski definition) is 0. The maximum absolute atomic E-state index is 2.49. The van der Waals surface area contributed by atoms with Gasteiger partial charge in [0.1, 0.15) is 0 Å². The van der Waals surface area contributed by atoms with E-state index >= 15 is 0 Å². The van der Waals surface area contributed by atoms with E-state index in [1.54, 1.807) is 5.36 Å². The van der Waals surface area contributed by atoms with E-state index in [-0.39, 0.29) is 0 Å². The summed E-state index contributed by atoms with van der Waals surface area (Å²) in [6.45, 7) is 13.8. The molecule has 0 spiro atoms. The van der Waals surface area contributed by atoms with E-state index in [2.05, 4.69) is 48.1 Å². The molecule has 0 nitrogen and oxygen atoms in total. The molecule has 1 rings (SSSR count). The molecule has 4 heteroatoms. The topological polar surface area (TPSA) is 0 Å². The average molecular weight is 253 g/mol. The normalized spacial score (nSPS) is 13.3. The SMILES string of the molecule is CCCCCCC(C)(CCCCCC)C1=BB=B[B]1. The summed E-state index contributed by atoms with van der Waals surface area (Å²) in [5, 5.41) is 1.57. The molecular weight excluding hydrogens is 223 g/mol. The second kappa shape index (κ2) is 9.94. The van der Waals surface area contributed by atoms with Crippen molar-refractivity contribution in [3.05, 3.63) is 0 Å². The molecule has 0 aromatic carbocycles. The Kier molecular flexibility index (Phi) is 8.99. The van der Waals surface area contributed by atoms with Gasteiger partial charge in [-0.3, -0.25) is 0 Å². The van der Waals surface area contributed by atoms with Gasteiger partial charge in [0.15, 0.2) is 0 Å². The molecule has 0 fully saturated rings. The van der Waals surface area contributed by atoms with Crippen molar-refractivity contribution in [3.8, 4) is 0 Å². The van der Waals surface area contributed by atoms with E-state index in [0.717, 1.165) is 0 Å². The Morgan fingerprint density at radius 2 is 1.37 bits per heavy atom. The van der Waals surface area contributed by atoms with Crippen molar-refractivity contribution in [2.75, 3.05) is 0 Å². The number of unbranched alkanes of at least 4 members (excludes halogenated alkanes) is 6. The van der Waals surface area contributed by atoms with E-state index in [1.165, 1.54) is 64.2 Å². The second-order valence-electron chi connectivity index (χ2n) is 6.36. The molecule has 0 bridgehead atoms. The zero-order valence-corrected chi connectivity index (χ0v) is 13.4. The zero-order chi connectivity index (χ0) is 14.0. The van der Waals surface area contributed by atoms with Gasteiger partial charge >= 0.3 is 123 Å². The Balaban J connectivity index is 2.42. The summed E-state index contributed by atoms with van der Waals surface area (Å²) in [7, 11) is 2.33. The molecule has 19 heavy (non-hydrogen) atoms. The van der Waals surface area contributed by atoms with Crippen LogP contribution in [-0.2, 0) is 0 Å². The minimum atomic E-state index is 0.422. The molecule has 1 heterocycles. The van der Waals surface area contributed by atoms with Gasteiger partial charge in [-0.05, 0) is 0 Å². The summed E-state index contributed by atoms with van der Waals surface area (Å²) >= 11 is 0. The van der Waals surface area contributed by atoms with E-state index in [0.29, 0.717) is 5.41 Å². The molecule has 0 aromatic rings. The summed E-state index contributed by atoms with van der Waals surface area (Å²) in [4.78, 5) is 0. The Labute approximate surface area is 123 Å². The third-order valence-corrected chi connectivity index (χ3v) is 4.52. The van der Waals surface area contributed by atoms with Crippen molar-refractivity contribution in [3.63, 3.8) is 0 Å². The molecule has 0 amide bonds. The predicted octanol–water partition coefficient (Wildman–Crippen LogP) is 3.64. The predicted molar refractivity (Wildman–Crippen MR) is 93.6 cm³/mol. The third kappa shape index (κ3) is 6.41. The van der Waals surface area contributed by atoms with Crippen LogP contribution in [0.5, 0.6) is 0 Å². The fourth-order valence-corrected chi connectivity index (χ4v) is 3.07. The standard InChI is InChI=1S/C15H29B4/c1-4-6-8-10-12-15(3,13-11-9-7-5-2)14-16-18-19-17-14/h4-13H2,1-3H3. The first-order valence-corrected chi connectivity index (χ1v) is 8.45. The molecule has 1 aliphatic heterocycles. The fraction of sp³-hybridized carbons (Fsp3) is 0.933. The van der Waals surface area contributed by atoms with Crippen LogP contribution in [0.4, 0.5) is 0 Å². The van der Waals surface area contributed by atoms with Crippen LogP contribution in [0.1, 0.15) is 85.0 Å². The summed E-state index contributed by atoms with van der Waals surface area (Å²) in [5.74, 6) is 0. The monoisotopic (exact) mass is 253 g/mol. The molecule has 1 radical (unpaired) electrons. The molecular formula is C15H29B4. The molecule has 0 aliphatic carbocycles. The van der Waals surface area contributed by atoms with Crippen molar-refractivity contribution < 1.29 is 0 Å². The molecule has 0 saturated carbocycles. The van der Waals surface area contributed by atoms with Crippen molar-refractivity contribution in [2.45, 2.75) is 85.0 Å². The van der Waals surface area contributed by atoms with Crippen molar-refractivity contribution in [1.29, 1.82) is 0 Å². The van der Waals surface area contributed by atoms with E-state index < -0.39 is 0 Å². The van der Waals surface area contributed by atoms with Gasteiger partial charge in [0.25, 0.3) is 0 Å². The first-order chi connectivity index (χ1) is 9.23. The quantitative estimate of drug-likeness (QED) is 0.389. The van der Waals surface area contributed by atoms with E-state index in [4.69, 9.17) is 0 Å². The first kappa shape index (κ1) is 17.2. The van der Waals surface area contributed by atoms with Crippen molar-refractivity contribution in [2.24, 2.45) is 5.41 Å². The second-order valence-corrected chi connectivity index (χ2v) is 6.36. The molecule has 0 aromatic heterocycles. The van der Waals surface area contributed by atoms with Gasteiger partial charge in [0.2, 0.25) is 0 Å². The van der Waals surface area contributed by atoms with Crippen LogP contribution in [-0.4, -0.2) is 32.7 Å². The summed E-state index contributed by atoms with van der Waals surface area (Å²) in [6, 6.07) is 0. The number of hydrogen-bond acceptors (Lipinski definition) is 0. The maximum atomic E-state index is 2.49. The van der Waals surface area contributed by atoms with Crippen molar-refractivity contribution in [1.82, 2.24) is 0 Å². The van der Waals surface area contributed by atoms with Gasteiger partial charge in [-0.1, -0.05) is 0 Å². The third-order valence-electron chi connectivity index (χ3n) is 4.52. The van der Waals surface area contributed by atoms with Crippen LogP contribution < -0.4 is 0 Å². The summed E-state index contributed by atoms with van der Waals surface area (Å²) in [5.41, 5.74) is 0.422. The molecule has 0 atom stereocenters. The Morgan fingerprint density at radius 3 is 1.79 bits per heavy atom. The van der Waals surface area contributed by atoms with Gasteiger partial charge in [-0.15, -0.1) is 0 Å². The number of rotatable bonds is 11. The Bertz CT molecular complexity index is 285. The van der Waals surface area contributed by atoms with Gasteiger partial charge < -0.3 is 0 Å². The minimum absolute atomic E-state index is 0.422. The zero-order valence-electron chi connectivity index (χ0n) is 13.4. The van der Waals surface area contributed by atoms with Gasteiger partial charge in [-0.2, -0.15) is 0 Å². The van der Waals surface area contributed by atoms with Gasteiger partial charge in [0.05, 0.1) is 0 Å². The molecule has 101 valence electrons. The molecule has 0 N–H and O–H groups in total. The molecule has 1 aliphatic rings. The Morgan fingerprint density at radius 1 is 0.789 bits per heavy atom. The van der Waals surface area contributed by atoms with Gasteiger partial charge in [0, 0.05) is 0 Å².